The van der Waals surface area contributed by atoms with E-state index in [9.17, 15) is 14.9 Å². The third-order valence-electron chi connectivity index (χ3n) is 4.46. The van der Waals surface area contributed by atoms with Crippen molar-refractivity contribution >= 4 is 17.4 Å². The second-order valence-corrected chi connectivity index (χ2v) is 6.23. The summed E-state index contributed by atoms with van der Waals surface area (Å²) in [6, 6.07) is 12.1. The molecule has 142 valence electrons. The Labute approximate surface area is 157 Å². The topological polar surface area (TPSA) is 88.8 Å². The van der Waals surface area contributed by atoms with Gasteiger partial charge in [0.05, 0.1) is 11.5 Å². The summed E-state index contributed by atoms with van der Waals surface area (Å²) in [5, 5.41) is 11.0. The van der Waals surface area contributed by atoms with Crippen LogP contribution in [0.5, 0.6) is 5.75 Å². The van der Waals surface area contributed by atoms with E-state index < -0.39 is 4.92 Å². The van der Waals surface area contributed by atoms with Crippen LogP contribution in [0.15, 0.2) is 48.7 Å². The number of anilines is 1. The number of piperazine rings is 1. The Morgan fingerprint density at radius 2 is 1.85 bits per heavy atom. The number of amides is 1. The molecule has 0 radical (unpaired) electrons. The molecule has 0 aliphatic carbocycles. The van der Waals surface area contributed by atoms with E-state index in [0.29, 0.717) is 25.9 Å². The van der Waals surface area contributed by atoms with Gasteiger partial charge in [0.1, 0.15) is 5.82 Å². The molecule has 2 aromatic rings. The van der Waals surface area contributed by atoms with Gasteiger partial charge < -0.3 is 14.5 Å². The number of para-hydroxylation sites is 2. The molecule has 1 aliphatic rings. The molecule has 2 heterocycles. The molecule has 1 aromatic carbocycles. The SMILES string of the molecule is O=C(CCCOc1ccccc1[N+](=O)[O-])N1CCN(c2ccccn2)CC1. The second kappa shape index (κ2) is 8.98. The first-order valence-electron chi connectivity index (χ1n) is 8.95. The number of carbonyl (C=O) groups is 1. The third-order valence-corrected chi connectivity index (χ3v) is 4.46. The van der Waals surface area contributed by atoms with Gasteiger partial charge in [0.25, 0.3) is 0 Å². The van der Waals surface area contributed by atoms with Crippen LogP contribution in [-0.4, -0.2) is 53.5 Å². The number of nitro benzene ring substituents is 1. The van der Waals surface area contributed by atoms with Crippen molar-refractivity contribution in [1.29, 1.82) is 0 Å². The molecule has 0 saturated carbocycles. The van der Waals surface area contributed by atoms with E-state index in [0.717, 1.165) is 18.9 Å². The van der Waals surface area contributed by atoms with E-state index in [1.54, 1.807) is 24.4 Å². The molecule has 1 aromatic heterocycles. The van der Waals surface area contributed by atoms with Crippen LogP contribution in [-0.2, 0) is 4.79 Å². The summed E-state index contributed by atoms with van der Waals surface area (Å²) in [4.78, 5) is 31.2. The highest BCUT2D eigenvalue weighted by molar-refractivity contribution is 5.76. The lowest BCUT2D eigenvalue weighted by Crippen LogP contribution is -2.49. The summed E-state index contributed by atoms with van der Waals surface area (Å²) < 4.78 is 5.48. The van der Waals surface area contributed by atoms with Crippen LogP contribution < -0.4 is 9.64 Å². The Morgan fingerprint density at radius 3 is 2.56 bits per heavy atom. The molecule has 1 amide bonds. The van der Waals surface area contributed by atoms with E-state index in [4.69, 9.17) is 4.74 Å². The van der Waals surface area contributed by atoms with E-state index in [-0.39, 0.29) is 24.0 Å². The Kier molecular flexibility index (Phi) is 6.19. The lowest BCUT2D eigenvalue weighted by atomic mass is 10.2. The van der Waals surface area contributed by atoms with Crippen LogP contribution in [0.3, 0.4) is 0 Å². The molecule has 0 spiro atoms. The molecular weight excluding hydrogens is 348 g/mol. The third kappa shape index (κ3) is 4.93. The molecule has 0 atom stereocenters. The maximum Gasteiger partial charge on any atom is 0.310 e. The number of benzene rings is 1. The summed E-state index contributed by atoms with van der Waals surface area (Å²) in [6.07, 6.45) is 2.65. The van der Waals surface area contributed by atoms with Gasteiger partial charge in [-0.15, -0.1) is 0 Å². The Balaban J connectivity index is 1.40. The number of pyridine rings is 1. The normalized spacial score (nSPS) is 14.1. The fourth-order valence-corrected chi connectivity index (χ4v) is 3.02. The number of carbonyl (C=O) groups excluding carboxylic acids is 1. The number of nitro groups is 1. The summed E-state index contributed by atoms with van der Waals surface area (Å²) in [6.45, 7) is 3.12. The highest BCUT2D eigenvalue weighted by atomic mass is 16.6. The van der Waals surface area contributed by atoms with Gasteiger partial charge in [0, 0.05) is 44.9 Å². The number of nitrogens with zero attached hydrogens (tertiary/aromatic N) is 4. The number of hydrogen-bond donors (Lipinski definition) is 0. The van der Waals surface area contributed by atoms with Crippen LogP contribution in [0.25, 0.3) is 0 Å². The van der Waals surface area contributed by atoms with E-state index in [1.165, 1.54) is 6.07 Å². The predicted molar refractivity (Wildman–Crippen MR) is 101 cm³/mol. The van der Waals surface area contributed by atoms with Crippen molar-refractivity contribution in [2.24, 2.45) is 0 Å². The van der Waals surface area contributed by atoms with Gasteiger partial charge >= 0.3 is 5.69 Å². The molecule has 0 bridgehead atoms. The summed E-state index contributed by atoms with van der Waals surface area (Å²) in [5.41, 5.74) is -0.0607. The molecule has 8 nitrogen and oxygen atoms in total. The van der Waals surface area contributed by atoms with Gasteiger partial charge in [-0.3, -0.25) is 14.9 Å². The summed E-state index contributed by atoms with van der Waals surface area (Å²) in [5.74, 6) is 1.25. The van der Waals surface area contributed by atoms with Gasteiger partial charge in [-0.2, -0.15) is 0 Å². The first kappa shape index (κ1) is 18.6. The number of rotatable bonds is 7. The minimum absolute atomic E-state index is 0.0607. The highest BCUT2D eigenvalue weighted by Gasteiger charge is 2.21. The van der Waals surface area contributed by atoms with Crippen LogP contribution in [0.1, 0.15) is 12.8 Å². The molecule has 1 aliphatic heterocycles. The maximum atomic E-state index is 12.4. The average Bonchev–Trinajstić information content (AvgIpc) is 2.72. The quantitative estimate of drug-likeness (QED) is 0.423. The minimum atomic E-state index is -0.471. The van der Waals surface area contributed by atoms with Crippen LogP contribution >= 0.6 is 0 Å². The molecule has 1 fully saturated rings. The van der Waals surface area contributed by atoms with E-state index in [1.807, 2.05) is 23.1 Å². The van der Waals surface area contributed by atoms with Gasteiger partial charge in [-0.25, -0.2) is 4.98 Å². The largest absolute Gasteiger partial charge is 0.487 e. The fourth-order valence-electron chi connectivity index (χ4n) is 3.02. The number of aromatic nitrogens is 1. The van der Waals surface area contributed by atoms with Crippen LogP contribution in [0.4, 0.5) is 11.5 Å². The summed E-state index contributed by atoms with van der Waals surface area (Å²) in [7, 11) is 0. The molecule has 8 heteroatoms. The van der Waals surface area contributed by atoms with Crippen molar-refractivity contribution in [3.63, 3.8) is 0 Å². The van der Waals surface area contributed by atoms with Crippen molar-refractivity contribution in [3.8, 4) is 5.75 Å². The van der Waals surface area contributed by atoms with E-state index >= 15 is 0 Å². The molecule has 1 saturated heterocycles. The molecule has 3 rings (SSSR count). The molecule has 27 heavy (non-hydrogen) atoms. The van der Waals surface area contributed by atoms with E-state index in [2.05, 4.69) is 9.88 Å². The highest BCUT2D eigenvalue weighted by Crippen LogP contribution is 2.25. The van der Waals surface area contributed by atoms with Crippen molar-refractivity contribution in [3.05, 3.63) is 58.8 Å². The predicted octanol–water partition coefficient (Wildman–Crippen LogP) is 2.50. The van der Waals surface area contributed by atoms with Crippen molar-refractivity contribution < 1.29 is 14.5 Å². The zero-order chi connectivity index (χ0) is 19.1. The summed E-state index contributed by atoms with van der Waals surface area (Å²) >= 11 is 0. The van der Waals surface area contributed by atoms with Gasteiger partial charge in [0.2, 0.25) is 5.91 Å². The first-order valence-corrected chi connectivity index (χ1v) is 8.95. The van der Waals surface area contributed by atoms with Crippen molar-refractivity contribution in [2.75, 3.05) is 37.7 Å². The number of hydrogen-bond acceptors (Lipinski definition) is 6. The zero-order valence-corrected chi connectivity index (χ0v) is 15.0. The van der Waals surface area contributed by atoms with Crippen LogP contribution in [0.2, 0.25) is 0 Å². The van der Waals surface area contributed by atoms with Gasteiger partial charge in [-0.05, 0) is 24.6 Å². The maximum absolute atomic E-state index is 12.4. The smallest absolute Gasteiger partial charge is 0.310 e. The van der Waals surface area contributed by atoms with Crippen molar-refractivity contribution in [2.45, 2.75) is 12.8 Å². The Morgan fingerprint density at radius 1 is 1.11 bits per heavy atom. The number of ether oxygens (including phenoxy) is 1. The standard InChI is InChI=1S/C19H22N4O4/c24-19(9-5-15-27-17-7-2-1-6-16(17)23(25)26)22-13-11-21(12-14-22)18-8-3-4-10-20-18/h1-4,6-8,10H,5,9,11-15H2. The minimum Gasteiger partial charge on any atom is -0.487 e. The van der Waals surface area contributed by atoms with Gasteiger partial charge in [-0.1, -0.05) is 18.2 Å². The average molecular weight is 370 g/mol. The first-order chi connectivity index (χ1) is 13.1. The zero-order valence-electron chi connectivity index (χ0n) is 15.0. The van der Waals surface area contributed by atoms with Crippen LogP contribution in [0, 0.1) is 10.1 Å². The Hall–Kier alpha value is -3.16. The van der Waals surface area contributed by atoms with Gasteiger partial charge in [0.15, 0.2) is 5.75 Å². The second-order valence-electron chi connectivity index (χ2n) is 6.23. The molecular formula is C19H22N4O4. The monoisotopic (exact) mass is 370 g/mol. The Bertz CT molecular complexity index is 776. The lowest BCUT2D eigenvalue weighted by molar-refractivity contribution is -0.385. The molecule has 0 N–H and O–H groups in total. The molecule has 0 unspecified atom stereocenters. The lowest BCUT2D eigenvalue weighted by Gasteiger charge is -2.35. The van der Waals surface area contributed by atoms with Crippen molar-refractivity contribution in [1.82, 2.24) is 9.88 Å². The fraction of sp³-hybridized carbons (Fsp3) is 0.368.